The van der Waals surface area contributed by atoms with Crippen LogP contribution < -0.4 is 0 Å². The Labute approximate surface area is 62.8 Å². The SMILES string of the molecule is CC(C)[C@@H]1C[C@@H]2C[C@H]1CO2. The molecule has 2 bridgehead atoms. The summed E-state index contributed by atoms with van der Waals surface area (Å²) in [5, 5.41) is 0. The Morgan fingerprint density at radius 1 is 1.30 bits per heavy atom. The van der Waals surface area contributed by atoms with E-state index in [0.29, 0.717) is 6.10 Å². The summed E-state index contributed by atoms with van der Waals surface area (Å²) in [7, 11) is 0. The second-order valence-corrected chi connectivity index (χ2v) is 4.09. The molecule has 0 aromatic heterocycles. The normalized spacial score (nSPS) is 45.3. The van der Waals surface area contributed by atoms with Crippen molar-refractivity contribution in [2.45, 2.75) is 32.8 Å². The van der Waals surface area contributed by atoms with Crippen molar-refractivity contribution >= 4 is 0 Å². The van der Waals surface area contributed by atoms with E-state index in [0.717, 1.165) is 24.4 Å². The predicted octanol–water partition coefficient (Wildman–Crippen LogP) is 2.07. The van der Waals surface area contributed by atoms with Gasteiger partial charge in [0.25, 0.3) is 0 Å². The Bertz CT molecular complexity index is 131. The van der Waals surface area contributed by atoms with Gasteiger partial charge < -0.3 is 4.74 Å². The highest BCUT2D eigenvalue weighted by Gasteiger charge is 2.41. The minimum Gasteiger partial charge on any atom is -0.378 e. The Morgan fingerprint density at radius 2 is 2.10 bits per heavy atom. The average molecular weight is 140 g/mol. The fourth-order valence-electron chi connectivity index (χ4n) is 2.51. The van der Waals surface area contributed by atoms with Crippen LogP contribution in [0.1, 0.15) is 26.7 Å². The molecule has 2 aliphatic rings. The number of rotatable bonds is 1. The van der Waals surface area contributed by atoms with E-state index in [-0.39, 0.29) is 0 Å². The molecular formula is C9H16O. The maximum Gasteiger partial charge on any atom is 0.0581 e. The number of ether oxygens (including phenoxy) is 1. The number of hydrogen-bond acceptors (Lipinski definition) is 1. The lowest BCUT2D eigenvalue weighted by atomic mass is 9.86. The summed E-state index contributed by atoms with van der Waals surface area (Å²) < 4.78 is 5.53. The molecule has 1 heteroatoms. The minimum absolute atomic E-state index is 0.636. The molecule has 1 nitrogen and oxygen atoms in total. The zero-order valence-corrected chi connectivity index (χ0v) is 6.84. The molecular weight excluding hydrogens is 124 g/mol. The lowest BCUT2D eigenvalue weighted by molar-refractivity contribution is 0.0403. The van der Waals surface area contributed by atoms with E-state index in [1.807, 2.05) is 0 Å². The van der Waals surface area contributed by atoms with Gasteiger partial charge in [-0.3, -0.25) is 0 Å². The summed E-state index contributed by atoms with van der Waals surface area (Å²) in [5.74, 6) is 2.75. The third kappa shape index (κ3) is 0.878. The molecule has 0 N–H and O–H groups in total. The van der Waals surface area contributed by atoms with E-state index in [4.69, 9.17) is 4.74 Å². The molecule has 0 unspecified atom stereocenters. The van der Waals surface area contributed by atoms with Crippen LogP contribution in [-0.4, -0.2) is 12.7 Å². The van der Waals surface area contributed by atoms with E-state index in [2.05, 4.69) is 13.8 Å². The molecule has 10 heavy (non-hydrogen) atoms. The third-order valence-corrected chi connectivity index (χ3v) is 3.11. The first-order valence-corrected chi connectivity index (χ1v) is 4.39. The van der Waals surface area contributed by atoms with Crippen molar-refractivity contribution in [3.05, 3.63) is 0 Å². The molecule has 0 radical (unpaired) electrons. The maximum absolute atomic E-state index is 5.53. The summed E-state index contributed by atoms with van der Waals surface area (Å²) in [4.78, 5) is 0. The van der Waals surface area contributed by atoms with Crippen LogP contribution in [0.5, 0.6) is 0 Å². The molecule has 0 spiro atoms. The van der Waals surface area contributed by atoms with Crippen LogP contribution in [0.25, 0.3) is 0 Å². The van der Waals surface area contributed by atoms with E-state index < -0.39 is 0 Å². The summed E-state index contributed by atoms with van der Waals surface area (Å²) in [5.41, 5.74) is 0. The molecule has 0 amide bonds. The lowest BCUT2D eigenvalue weighted by Gasteiger charge is -2.24. The van der Waals surface area contributed by atoms with Crippen molar-refractivity contribution in [2.24, 2.45) is 17.8 Å². The average Bonchev–Trinajstić information content (AvgIpc) is 2.44. The predicted molar refractivity (Wildman–Crippen MR) is 40.8 cm³/mol. The molecule has 1 saturated carbocycles. The molecule has 0 aromatic rings. The summed E-state index contributed by atoms with van der Waals surface area (Å²) >= 11 is 0. The number of fused-ring (bicyclic) bond motifs is 2. The maximum atomic E-state index is 5.53. The van der Waals surface area contributed by atoms with Crippen LogP contribution in [-0.2, 0) is 4.74 Å². The highest BCUT2D eigenvalue weighted by Crippen LogP contribution is 2.43. The summed E-state index contributed by atoms with van der Waals surface area (Å²) in [6.07, 6.45) is 3.32. The molecule has 2 fully saturated rings. The van der Waals surface area contributed by atoms with Crippen molar-refractivity contribution in [3.8, 4) is 0 Å². The second-order valence-electron chi connectivity index (χ2n) is 4.09. The monoisotopic (exact) mass is 140 g/mol. The quantitative estimate of drug-likeness (QED) is 0.541. The topological polar surface area (TPSA) is 9.23 Å². The fraction of sp³-hybridized carbons (Fsp3) is 1.00. The first-order chi connectivity index (χ1) is 4.77. The molecule has 1 heterocycles. The van der Waals surface area contributed by atoms with Gasteiger partial charge in [-0.05, 0) is 30.6 Å². The molecule has 1 aliphatic heterocycles. The van der Waals surface area contributed by atoms with Crippen LogP contribution in [0.4, 0.5) is 0 Å². The standard InChI is InChI=1S/C9H16O/c1-6(2)9-4-8-3-7(9)5-10-8/h6-9H,3-5H2,1-2H3/t7-,8-,9-/m0/s1. The Balaban J connectivity index is 2.02. The van der Waals surface area contributed by atoms with Crippen LogP contribution in [0.2, 0.25) is 0 Å². The molecule has 2 rings (SSSR count). The van der Waals surface area contributed by atoms with Crippen molar-refractivity contribution in [1.82, 2.24) is 0 Å². The van der Waals surface area contributed by atoms with Gasteiger partial charge in [0, 0.05) is 0 Å². The molecule has 1 saturated heterocycles. The van der Waals surface area contributed by atoms with Crippen LogP contribution in [0.3, 0.4) is 0 Å². The van der Waals surface area contributed by atoms with Gasteiger partial charge in [-0.1, -0.05) is 13.8 Å². The number of hydrogen-bond donors (Lipinski definition) is 0. The minimum atomic E-state index is 0.636. The third-order valence-electron chi connectivity index (χ3n) is 3.11. The Hall–Kier alpha value is -0.0400. The van der Waals surface area contributed by atoms with Crippen LogP contribution >= 0.6 is 0 Å². The van der Waals surface area contributed by atoms with Crippen molar-refractivity contribution in [2.75, 3.05) is 6.61 Å². The first-order valence-electron chi connectivity index (χ1n) is 4.39. The van der Waals surface area contributed by atoms with Gasteiger partial charge in [-0.2, -0.15) is 0 Å². The van der Waals surface area contributed by atoms with E-state index in [9.17, 15) is 0 Å². The van der Waals surface area contributed by atoms with Gasteiger partial charge in [0.05, 0.1) is 12.7 Å². The first kappa shape index (κ1) is 6.66. The van der Waals surface area contributed by atoms with E-state index in [1.165, 1.54) is 12.8 Å². The second kappa shape index (κ2) is 2.23. The lowest BCUT2D eigenvalue weighted by Crippen LogP contribution is -2.21. The van der Waals surface area contributed by atoms with Gasteiger partial charge in [-0.15, -0.1) is 0 Å². The van der Waals surface area contributed by atoms with E-state index in [1.54, 1.807) is 0 Å². The summed E-state index contributed by atoms with van der Waals surface area (Å²) in [6.45, 7) is 5.73. The van der Waals surface area contributed by atoms with Gasteiger partial charge in [0.15, 0.2) is 0 Å². The van der Waals surface area contributed by atoms with Crippen molar-refractivity contribution < 1.29 is 4.74 Å². The fourth-order valence-corrected chi connectivity index (χ4v) is 2.51. The molecule has 1 aliphatic carbocycles. The van der Waals surface area contributed by atoms with Gasteiger partial charge in [-0.25, -0.2) is 0 Å². The van der Waals surface area contributed by atoms with Gasteiger partial charge in [0.2, 0.25) is 0 Å². The molecule has 0 aromatic carbocycles. The zero-order valence-electron chi connectivity index (χ0n) is 6.84. The highest BCUT2D eigenvalue weighted by molar-refractivity contribution is 4.90. The van der Waals surface area contributed by atoms with Gasteiger partial charge >= 0.3 is 0 Å². The van der Waals surface area contributed by atoms with Crippen LogP contribution in [0, 0.1) is 17.8 Å². The van der Waals surface area contributed by atoms with Gasteiger partial charge in [0.1, 0.15) is 0 Å². The van der Waals surface area contributed by atoms with Crippen molar-refractivity contribution in [3.63, 3.8) is 0 Å². The van der Waals surface area contributed by atoms with Crippen molar-refractivity contribution in [1.29, 1.82) is 0 Å². The Kier molecular flexibility index (Phi) is 1.48. The van der Waals surface area contributed by atoms with Crippen LogP contribution in [0.15, 0.2) is 0 Å². The smallest absolute Gasteiger partial charge is 0.0581 e. The Morgan fingerprint density at radius 3 is 2.40 bits per heavy atom. The highest BCUT2D eigenvalue weighted by atomic mass is 16.5. The molecule has 3 atom stereocenters. The largest absolute Gasteiger partial charge is 0.378 e. The molecule has 58 valence electrons. The summed E-state index contributed by atoms with van der Waals surface area (Å²) in [6, 6.07) is 0. The zero-order chi connectivity index (χ0) is 7.14. The van der Waals surface area contributed by atoms with E-state index >= 15 is 0 Å².